The largest absolute Gasteiger partial charge is 0.360 e. The molecular weight excluding hydrogens is 246 g/mol. The maximum Gasteiger partial charge on any atom is 0.231 e. The third kappa shape index (κ3) is 2.94. The van der Waals surface area contributed by atoms with Gasteiger partial charge < -0.3 is 14.7 Å². The first kappa shape index (κ1) is 13.6. The summed E-state index contributed by atoms with van der Waals surface area (Å²) in [6.07, 6.45) is 1.16. The Morgan fingerprint density at radius 2 is 2.42 bits per heavy atom. The van der Waals surface area contributed by atoms with E-state index in [-0.39, 0.29) is 30.2 Å². The van der Waals surface area contributed by atoms with Gasteiger partial charge in [-0.2, -0.15) is 0 Å². The van der Waals surface area contributed by atoms with Crippen molar-refractivity contribution in [2.24, 2.45) is 5.92 Å². The van der Waals surface area contributed by atoms with Gasteiger partial charge in [0.25, 0.3) is 0 Å². The van der Waals surface area contributed by atoms with Gasteiger partial charge in [-0.15, -0.1) is 0 Å². The second-order valence-electron chi connectivity index (χ2n) is 5.02. The number of carbonyl (C=O) groups excluding carboxylic acids is 2. The van der Waals surface area contributed by atoms with Gasteiger partial charge in [-0.1, -0.05) is 12.1 Å². The monoisotopic (exact) mass is 265 g/mol. The van der Waals surface area contributed by atoms with Gasteiger partial charge in [0.1, 0.15) is 5.76 Å². The summed E-state index contributed by atoms with van der Waals surface area (Å²) < 4.78 is 4.88. The topological polar surface area (TPSA) is 75.4 Å². The Kier molecular flexibility index (Phi) is 3.87. The maximum atomic E-state index is 12.1. The van der Waals surface area contributed by atoms with Gasteiger partial charge in [0.05, 0.1) is 5.92 Å². The molecule has 1 aromatic rings. The lowest BCUT2D eigenvalue weighted by molar-refractivity contribution is -0.129. The first-order chi connectivity index (χ1) is 9.01. The molecule has 1 aliphatic rings. The van der Waals surface area contributed by atoms with Crippen molar-refractivity contribution in [1.29, 1.82) is 0 Å². The number of hydrogen-bond acceptors (Lipinski definition) is 4. The molecule has 0 bridgehead atoms. The van der Waals surface area contributed by atoms with E-state index in [0.717, 1.165) is 6.42 Å². The fourth-order valence-corrected chi connectivity index (χ4v) is 2.21. The van der Waals surface area contributed by atoms with Crippen LogP contribution in [0.2, 0.25) is 0 Å². The van der Waals surface area contributed by atoms with Crippen LogP contribution < -0.4 is 5.32 Å². The molecule has 0 spiro atoms. The van der Waals surface area contributed by atoms with Crippen molar-refractivity contribution in [3.05, 3.63) is 11.8 Å². The minimum absolute atomic E-state index is 0.0471. The van der Waals surface area contributed by atoms with E-state index in [9.17, 15) is 9.59 Å². The van der Waals surface area contributed by atoms with E-state index in [1.165, 1.54) is 0 Å². The lowest BCUT2D eigenvalue weighted by Gasteiger charge is -2.23. The fourth-order valence-electron chi connectivity index (χ4n) is 2.21. The SMILES string of the molecule is CCC(C)N1CC(C(=O)Nc2cc(C)on2)CC1=O. The van der Waals surface area contributed by atoms with Crippen LogP contribution in [0, 0.1) is 12.8 Å². The molecule has 2 unspecified atom stereocenters. The van der Waals surface area contributed by atoms with E-state index >= 15 is 0 Å². The zero-order chi connectivity index (χ0) is 14.0. The van der Waals surface area contributed by atoms with Crippen LogP contribution in [0.5, 0.6) is 0 Å². The van der Waals surface area contributed by atoms with Gasteiger partial charge in [-0.25, -0.2) is 0 Å². The molecule has 1 aromatic heterocycles. The Morgan fingerprint density at radius 1 is 1.68 bits per heavy atom. The van der Waals surface area contributed by atoms with E-state index < -0.39 is 0 Å². The highest BCUT2D eigenvalue weighted by atomic mass is 16.5. The summed E-state index contributed by atoms with van der Waals surface area (Å²) in [7, 11) is 0. The van der Waals surface area contributed by atoms with Gasteiger partial charge in [0, 0.05) is 25.1 Å². The summed E-state index contributed by atoms with van der Waals surface area (Å²) in [5, 5.41) is 6.39. The van der Waals surface area contributed by atoms with E-state index in [1.807, 2.05) is 13.8 Å². The van der Waals surface area contributed by atoms with Crippen LogP contribution >= 0.6 is 0 Å². The average molecular weight is 265 g/mol. The molecule has 0 aliphatic carbocycles. The Hall–Kier alpha value is -1.85. The minimum atomic E-state index is -0.307. The summed E-state index contributed by atoms with van der Waals surface area (Å²) in [6.45, 7) is 6.27. The van der Waals surface area contributed by atoms with Gasteiger partial charge >= 0.3 is 0 Å². The molecule has 2 atom stereocenters. The number of rotatable bonds is 4. The molecular formula is C13H19N3O3. The van der Waals surface area contributed by atoms with Crippen LogP contribution in [0.3, 0.4) is 0 Å². The molecule has 1 N–H and O–H groups in total. The highest BCUT2D eigenvalue weighted by Crippen LogP contribution is 2.22. The zero-order valence-electron chi connectivity index (χ0n) is 11.5. The smallest absolute Gasteiger partial charge is 0.231 e. The number of aryl methyl sites for hydroxylation is 1. The molecule has 6 nitrogen and oxygen atoms in total. The van der Waals surface area contributed by atoms with Crippen molar-refractivity contribution in [2.75, 3.05) is 11.9 Å². The molecule has 0 radical (unpaired) electrons. The number of anilines is 1. The molecule has 1 aliphatic heterocycles. The predicted octanol–water partition coefficient (Wildman–Crippen LogP) is 1.57. The van der Waals surface area contributed by atoms with E-state index in [2.05, 4.69) is 10.5 Å². The van der Waals surface area contributed by atoms with Crippen molar-refractivity contribution in [2.45, 2.75) is 39.7 Å². The van der Waals surface area contributed by atoms with Crippen molar-refractivity contribution in [3.63, 3.8) is 0 Å². The molecule has 6 heteroatoms. The molecule has 19 heavy (non-hydrogen) atoms. The highest BCUT2D eigenvalue weighted by molar-refractivity contribution is 5.96. The zero-order valence-corrected chi connectivity index (χ0v) is 11.5. The molecule has 104 valence electrons. The Bertz CT molecular complexity index is 483. The van der Waals surface area contributed by atoms with Crippen LogP contribution in [-0.2, 0) is 9.59 Å². The molecule has 2 amide bonds. The van der Waals surface area contributed by atoms with Crippen molar-refractivity contribution in [1.82, 2.24) is 10.1 Å². The average Bonchev–Trinajstić information content (AvgIpc) is 2.95. The lowest BCUT2D eigenvalue weighted by atomic mass is 10.1. The molecule has 1 fully saturated rings. The van der Waals surface area contributed by atoms with Crippen molar-refractivity contribution >= 4 is 17.6 Å². The molecule has 2 rings (SSSR count). The summed E-state index contributed by atoms with van der Waals surface area (Å²) in [4.78, 5) is 25.7. The van der Waals surface area contributed by atoms with Gasteiger partial charge in [0.2, 0.25) is 11.8 Å². The molecule has 1 saturated heterocycles. The third-order valence-corrected chi connectivity index (χ3v) is 3.53. The van der Waals surface area contributed by atoms with Crippen LogP contribution in [0.4, 0.5) is 5.82 Å². The van der Waals surface area contributed by atoms with Gasteiger partial charge in [-0.3, -0.25) is 9.59 Å². The highest BCUT2D eigenvalue weighted by Gasteiger charge is 2.36. The molecule has 2 heterocycles. The molecule has 0 saturated carbocycles. The molecule has 0 aromatic carbocycles. The van der Waals surface area contributed by atoms with Crippen molar-refractivity contribution < 1.29 is 14.1 Å². The number of carbonyl (C=O) groups is 2. The van der Waals surface area contributed by atoms with Gasteiger partial charge in [-0.05, 0) is 20.3 Å². The predicted molar refractivity (Wildman–Crippen MR) is 69.4 cm³/mol. The number of hydrogen-bond donors (Lipinski definition) is 1. The van der Waals surface area contributed by atoms with Crippen LogP contribution in [0.15, 0.2) is 10.6 Å². The van der Waals surface area contributed by atoms with E-state index in [0.29, 0.717) is 18.1 Å². The number of nitrogens with one attached hydrogen (secondary N) is 1. The Labute approximate surface area is 112 Å². The lowest BCUT2D eigenvalue weighted by Crippen LogP contribution is -2.35. The maximum absolute atomic E-state index is 12.1. The van der Waals surface area contributed by atoms with Crippen LogP contribution in [-0.4, -0.2) is 34.5 Å². The fraction of sp³-hybridized carbons (Fsp3) is 0.615. The summed E-state index contributed by atoms with van der Waals surface area (Å²) in [5.41, 5.74) is 0. The number of aromatic nitrogens is 1. The summed E-state index contributed by atoms with van der Waals surface area (Å²) >= 11 is 0. The quantitative estimate of drug-likeness (QED) is 0.896. The number of nitrogens with zero attached hydrogens (tertiary/aromatic N) is 2. The first-order valence-corrected chi connectivity index (χ1v) is 6.55. The van der Waals surface area contributed by atoms with Crippen LogP contribution in [0.25, 0.3) is 0 Å². The minimum Gasteiger partial charge on any atom is -0.360 e. The summed E-state index contributed by atoms with van der Waals surface area (Å²) in [6, 6.07) is 1.83. The second-order valence-corrected chi connectivity index (χ2v) is 5.02. The normalized spacial score (nSPS) is 20.7. The van der Waals surface area contributed by atoms with E-state index in [4.69, 9.17) is 4.52 Å². The Morgan fingerprint density at radius 3 is 3.00 bits per heavy atom. The first-order valence-electron chi connectivity index (χ1n) is 6.55. The number of amides is 2. The van der Waals surface area contributed by atoms with E-state index in [1.54, 1.807) is 17.9 Å². The van der Waals surface area contributed by atoms with Gasteiger partial charge in [0.15, 0.2) is 5.82 Å². The Balaban J connectivity index is 1.96. The van der Waals surface area contributed by atoms with Crippen LogP contribution in [0.1, 0.15) is 32.4 Å². The second kappa shape index (κ2) is 5.42. The number of likely N-dealkylation sites (tertiary alicyclic amines) is 1. The van der Waals surface area contributed by atoms with Crippen molar-refractivity contribution in [3.8, 4) is 0 Å². The third-order valence-electron chi connectivity index (χ3n) is 3.53. The summed E-state index contributed by atoms with van der Waals surface area (Å²) in [5.74, 6) is 0.604. The standard InChI is InChI=1S/C13H19N3O3/c1-4-8(2)16-7-10(6-12(16)17)13(18)14-11-5-9(3)19-15-11/h5,8,10H,4,6-7H2,1-3H3,(H,14,15,18).